The van der Waals surface area contributed by atoms with Gasteiger partial charge in [-0.15, -0.1) is 0 Å². The number of hydrogen-bond acceptors (Lipinski definition) is 6. The van der Waals surface area contributed by atoms with Gasteiger partial charge in [0.15, 0.2) is 0 Å². The molecule has 144 valence electrons. The van der Waals surface area contributed by atoms with Crippen LogP contribution >= 0.6 is 0 Å². The molecular weight excluding hydrogens is 368 g/mol. The largest absolute Gasteiger partial charge is 0.497 e. The summed E-state index contributed by atoms with van der Waals surface area (Å²) >= 11 is 0. The first kappa shape index (κ1) is 18.2. The lowest BCUT2D eigenvalue weighted by Crippen LogP contribution is -2.35. The van der Waals surface area contributed by atoms with E-state index in [2.05, 4.69) is 19.9 Å². The maximum absolute atomic E-state index is 14.2. The predicted molar refractivity (Wildman–Crippen MR) is 96.6 cm³/mol. The van der Waals surface area contributed by atoms with Crippen molar-refractivity contribution in [2.75, 3.05) is 13.7 Å². The number of aromatic nitrogens is 4. The fourth-order valence-corrected chi connectivity index (χ4v) is 3.25. The van der Waals surface area contributed by atoms with Crippen molar-refractivity contribution >= 4 is 0 Å². The van der Waals surface area contributed by atoms with Gasteiger partial charge in [-0.1, -0.05) is 0 Å². The van der Waals surface area contributed by atoms with Crippen LogP contribution in [0.2, 0.25) is 0 Å². The topological polar surface area (TPSA) is 84.0 Å². The van der Waals surface area contributed by atoms with Crippen LogP contribution in [-0.4, -0.2) is 38.5 Å². The number of benzene rings is 1. The molecule has 0 atom stereocenters. The molecule has 7 nitrogen and oxygen atoms in total. The zero-order valence-electron chi connectivity index (χ0n) is 15.1. The first-order chi connectivity index (χ1) is 13.5. The van der Waals surface area contributed by atoms with E-state index in [0.717, 1.165) is 12.1 Å². The Bertz CT molecular complexity index is 1050. The second kappa shape index (κ2) is 7.43. The molecule has 0 aliphatic carbocycles. The standard InChI is InChI=1S/C19H17F2N5O2/c1-28-12-4-15(20)13(16(21)5-12)8-26-3-2-17-14(9-26)19(27)25-18(24-17)11-6-22-10-23-7-11/h4-7,10H,2-3,8-9H2,1H3,(H,24,25,27). The van der Waals surface area contributed by atoms with Gasteiger partial charge in [-0.25, -0.2) is 23.7 Å². The van der Waals surface area contributed by atoms with Gasteiger partial charge < -0.3 is 9.72 Å². The molecule has 0 bridgehead atoms. The van der Waals surface area contributed by atoms with Gasteiger partial charge >= 0.3 is 0 Å². The Morgan fingerprint density at radius 2 is 1.93 bits per heavy atom. The maximum Gasteiger partial charge on any atom is 0.255 e. The summed E-state index contributed by atoms with van der Waals surface area (Å²) in [6.07, 6.45) is 5.04. The molecule has 0 radical (unpaired) electrons. The number of fused-ring (bicyclic) bond motifs is 1. The molecule has 1 aromatic carbocycles. The van der Waals surface area contributed by atoms with Crippen LogP contribution in [0.1, 0.15) is 16.8 Å². The Kier molecular flexibility index (Phi) is 4.82. The molecule has 0 saturated heterocycles. The fraction of sp³-hybridized carbons (Fsp3) is 0.263. The molecule has 3 heterocycles. The van der Waals surface area contributed by atoms with Crippen molar-refractivity contribution in [1.29, 1.82) is 0 Å². The van der Waals surface area contributed by atoms with E-state index in [9.17, 15) is 13.6 Å². The van der Waals surface area contributed by atoms with Gasteiger partial charge in [0.25, 0.3) is 5.56 Å². The molecule has 0 unspecified atom stereocenters. The molecule has 3 aromatic rings. The lowest BCUT2D eigenvalue weighted by Gasteiger charge is -2.28. The second-order valence-electron chi connectivity index (χ2n) is 6.50. The van der Waals surface area contributed by atoms with Crippen molar-refractivity contribution in [2.45, 2.75) is 19.5 Å². The van der Waals surface area contributed by atoms with E-state index in [4.69, 9.17) is 4.74 Å². The Labute approximate surface area is 159 Å². The summed E-state index contributed by atoms with van der Waals surface area (Å²) < 4.78 is 33.3. The van der Waals surface area contributed by atoms with Crippen LogP contribution in [0.3, 0.4) is 0 Å². The Hall–Kier alpha value is -3.20. The molecule has 2 aromatic heterocycles. The summed E-state index contributed by atoms with van der Waals surface area (Å²) in [5.41, 5.74) is 1.47. The highest BCUT2D eigenvalue weighted by atomic mass is 19.1. The van der Waals surface area contributed by atoms with Crippen molar-refractivity contribution < 1.29 is 13.5 Å². The maximum atomic E-state index is 14.2. The molecule has 1 aliphatic rings. The molecule has 1 N–H and O–H groups in total. The molecular formula is C19H17F2N5O2. The summed E-state index contributed by atoms with van der Waals surface area (Å²) in [5, 5.41) is 0. The summed E-state index contributed by atoms with van der Waals surface area (Å²) in [4.78, 5) is 29.5. The number of rotatable bonds is 4. The summed E-state index contributed by atoms with van der Waals surface area (Å²) in [6.45, 7) is 0.835. The first-order valence-corrected chi connectivity index (χ1v) is 8.67. The van der Waals surface area contributed by atoms with Crippen molar-refractivity contribution in [3.8, 4) is 17.1 Å². The number of halogens is 2. The first-order valence-electron chi connectivity index (χ1n) is 8.67. The minimum atomic E-state index is -0.672. The average molecular weight is 385 g/mol. The van der Waals surface area contributed by atoms with E-state index in [1.165, 1.54) is 13.4 Å². The van der Waals surface area contributed by atoms with Crippen molar-refractivity contribution in [3.05, 3.63) is 69.7 Å². The van der Waals surface area contributed by atoms with Gasteiger partial charge in [0.1, 0.15) is 29.5 Å². The van der Waals surface area contributed by atoms with Crippen molar-refractivity contribution in [3.63, 3.8) is 0 Å². The second-order valence-corrected chi connectivity index (χ2v) is 6.50. The molecule has 4 rings (SSSR count). The number of hydrogen-bond donors (Lipinski definition) is 1. The average Bonchev–Trinajstić information content (AvgIpc) is 2.71. The van der Waals surface area contributed by atoms with Crippen LogP contribution in [-0.2, 0) is 19.5 Å². The van der Waals surface area contributed by atoms with Crippen LogP contribution in [0.25, 0.3) is 11.4 Å². The van der Waals surface area contributed by atoms with Crippen LogP contribution < -0.4 is 10.3 Å². The van der Waals surface area contributed by atoms with Gasteiger partial charge in [-0.3, -0.25) is 9.69 Å². The third-order valence-corrected chi connectivity index (χ3v) is 4.71. The van der Waals surface area contributed by atoms with Crippen LogP contribution in [0, 0.1) is 11.6 Å². The van der Waals surface area contributed by atoms with Gasteiger partial charge in [-0.2, -0.15) is 0 Å². The van der Waals surface area contributed by atoms with E-state index in [1.54, 1.807) is 12.4 Å². The van der Waals surface area contributed by atoms with E-state index in [-0.39, 0.29) is 30.0 Å². The lowest BCUT2D eigenvalue weighted by molar-refractivity contribution is 0.234. The number of nitrogens with zero attached hydrogens (tertiary/aromatic N) is 4. The third-order valence-electron chi connectivity index (χ3n) is 4.71. The highest BCUT2D eigenvalue weighted by Crippen LogP contribution is 2.24. The van der Waals surface area contributed by atoms with E-state index in [0.29, 0.717) is 35.6 Å². The number of methoxy groups -OCH3 is 1. The molecule has 0 amide bonds. The highest BCUT2D eigenvalue weighted by molar-refractivity contribution is 5.52. The monoisotopic (exact) mass is 385 g/mol. The Balaban J connectivity index is 1.58. The number of ether oxygens (including phenoxy) is 1. The molecule has 0 fully saturated rings. The Morgan fingerprint density at radius 3 is 2.61 bits per heavy atom. The normalized spacial score (nSPS) is 14.0. The summed E-state index contributed by atoms with van der Waals surface area (Å²) in [6, 6.07) is 2.30. The predicted octanol–water partition coefficient (Wildman–Crippen LogP) is 2.07. The van der Waals surface area contributed by atoms with Gasteiger partial charge in [0.2, 0.25) is 0 Å². The van der Waals surface area contributed by atoms with E-state index in [1.807, 2.05) is 4.90 Å². The minimum Gasteiger partial charge on any atom is -0.497 e. The molecule has 9 heteroatoms. The quantitative estimate of drug-likeness (QED) is 0.740. The number of H-pyrrole nitrogens is 1. The van der Waals surface area contributed by atoms with E-state index < -0.39 is 11.6 Å². The number of nitrogens with one attached hydrogen (secondary N) is 1. The van der Waals surface area contributed by atoms with Crippen LogP contribution in [0.5, 0.6) is 5.75 Å². The number of aromatic amines is 1. The fourth-order valence-electron chi connectivity index (χ4n) is 3.25. The van der Waals surface area contributed by atoms with Crippen molar-refractivity contribution in [2.24, 2.45) is 0 Å². The smallest absolute Gasteiger partial charge is 0.255 e. The van der Waals surface area contributed by atoms with E-state index >= 15 is 0 Å². The third kappa shape index (κ3) is 3.48. The summed E-state index contributed by atoms with van der Waals surface area (Å²) in [5.74, 6) is -0.811. The van der Waals surface area contributed by atoms with Gasteiger partial charge in [0.05, 0.1) is 23.9 Å². The van der Waals surface area contributed by atoms with Crippen molar-refractivity contribution in [1.82, 2.24) is 24.8 Å². The van der Waals surface area contributed by atoms with Crippen LogP contribution in [0.15, 0.2) is 35.6 Å². The SMILES string of the molecule is COc1cc(F)c(CN2CCc3nc(-c4cncnc4)[nH]c(=O)c3C2)c(F)c1. The lowest BCUT2D eigenvalue weighted by atomic mass is 10.1. The summed E-state index contributed by atoms with van der Waals surface area (Å²) in [7, 11) is 1.35. The van der Waals surface area contributed by atoms with Gasteiger partial charge in [-0.05, 0) is 0 Å². The minimum absolute atomic E-state index is 0.0494. The molecule has 28 heavy (non-hydrogen) atoms. The van der Waals surface area contributed by atoms with Crippen LogP contribution in [0.4, 0.5) is 8.78 Å². The molecule has 1 aliphatic heterocycles. The molecule has 0 saturated carbocycles. The van der Waals surface area contributed by atoms with Gasteiger partial charge in [0, 0.05) is 56.1 Å². The zero-order chi connectivity index (χ0) is 19.7. The Morgan fingerprint density at radius 1 is 1.21 bits per heavy atom. The highest BCUT2D eigenvalue weighted by Gasteiger charge is 2.24. The zero-order valence-corrected chi connectivity index (χ0v) is 15.1. The molecule has 0 spiro atoms.